The molecule has 23 heavy (non-hydrogen) atoms. The number of likely N-dealkylation sites (N-methyl/N-ethyl adjacent to an activating group) is 1. The molecule has 0 saturated heterocycles. The van der Waals surface area contributed by atoms with Crippen molar-refractivity contribution in [1.82, 2.24) is 25.1 Å². The fraction of sp³-hybridized carbons (Fsp3) is 0.200. The Kier molecular flexibility index (Phi) is 4.42. The van der Waals surface area contributed by atoms with Crippen LogP contribution in [0.1, 0.15) is 5.56 Å². The molecule has 3 aromatic rings. The van der Waals surface area contributed by atoms with Crippen LogP contribution in [0.2, 0.25) is 0 Å². The van der Waals surface area contributed by atoms with Crippen molar-refractivity contribution >= 4 is 17.2 Å². The summed E-state index contributed by atoms with van der Waals surface area (Å²) in [5.74, 6) is -0.0797. The van der Waals surface area contributed by atoms with Crippen LogP contribution in [0.4, 0.5) is 4.39 Å². The zero-order chi connectivity index (χ0) is 16.2. The molecule has 0 radical (unpaired) electrons. The van der Waals surface area contributed by atoms with Gasteiger partial charge in [0.25, 0.3) is 0 Å². The lowest BCUT2D eigenvalue weighted by Gasteiger charge is -2.15. The summed E-state index contributed by atoms with van der Waals surface area (Å²) in [6.07, 6.45) is 0. The molecule has 0 atom stereocenters. The Labute approximate surface area is 136 Å². The van der Waals surface area contributed by atoms with E-state index in [1.807, 2.05) is 16.8 Å². The second-order valence-electron chi connectivity index (χ2n) is 5.03. The molecule has 1 amide bonds. The predicted octanol–water partition coefficient (Wildman–Crippen LogP) is 2.20. The molecule has 0 aliphatic rings. The molecule has 0 unspecified atom stereocenters. The monoisotopic (exact) mass is 331 g/mol. The van der Waals surface area contributed by atoms with Gasteiger partial charge >= 0.3 is 0 Å². The molecule has 0 aliphatic carbocycles. The van der Waals surface area contributed by atoms with E-state index in [1.54, 1.807) is 35.4 Å². The van der Waals surface area contributed by atoms with Crippen LogP contribution in [-0.4, -0.2) is 38.1 Å². The minimum absolute atomic E-state index is 0.00876. The zero-order valence-electron chi connectivity index (χ0n) is 12.4. The van der Waals surface area contributed by atoms with E-state index in [0.29, 0.717) is 17.9 Å². The average molecular weight is 331 g/mol. The van der Waals surface area contributed by atoms with Gasteiger partial charge in [-0.1, -0.05) is 0 Å². The van der Waals surface area contributed by atoms with Gasteiger partial charge in [0, 0.05) is 19.2 Å². The van der Waals surface area contributed by atoms with Crippen LogP contribution >= 0.6 is 11.3 Å². The van der Waals surface area contributed by atoms with Gasteiger partial charge in [0.2, 0.25) is 11.7 Å². The third-order valence-electron chi connectivity index (χ3n) is 3.26. The highest BCUT2D eigenvalue weighted by Crippen LogP contribution is 2.14. The molecule has 0 fully saturated rings. The molecule has 2 heterocycles. The molecular weight excluding hydrogens is 317 g/mol. The Balaban J connectivity index is 1.64. The Bertz CT molecular complexity index is 785. The van der Waals surface area contributed by atoms with Gasteiger partial charge in [0.15, 0.2) is 0 Å². The van der Waals surface area contributed by atoms with E-state index in [0.717, 1.165) is 5.56 Å². The van der Waals surface area contributed by atoms with Gasteiger partial charge < -0.3 is 4.90 Å². The number of hydrogen-bond acceptors (Lipinski definition) is 5. The Hall–Kier alpha value is -2.61. The smallest absolute Gasteiger partial charge is 0.246 e. The normalized spacial score (nSPS) is 10.7. The van der Waals surface area contributed by atoms with E-state index in [9.17, 15) is 9.18 Å². The quantitative estimate of drug-likeness (QED) is 0.719. The van der Waals surface area contributed by atoms with Crippen LogP contribution in [0.25, 0.3) is 11.4 Å². The number of amides is 1. The van der Waals surface area contributed by atoms with Crippen molar-refractivity contribution in [2.75, 3.05) is 7.05 Å². The van der Waals surface area contributed by atoms with Crippen molar-refractivity contribution in [3.05, 3.63) is 52.5 Å². The van der Waals surface area contributed by atoms with Gasteiger partial charge in [0.05, 0.1) is 0 Å². The first-order chi connectivity index (χ1) is 11.1. The van der Waals surface area contributed by atoms with Crippen molar-refractivity contribution in [1.29, 1.82) is 0 Å². The fourth-order valence-electron chi connectivity index (χ4n) is 2.01. The lowest BCUT2D eigenvalue weighted by atomic mass is 10.2. The third-order valence-corrected chi connectivity index (χ3v) is 3.99. The molecule has 8 heteroatoms. The number of aromatic nitrogens is 4. The van der Waals surface area contributed by atoms with E-state index in [1.165, 1.54) is 16.9 Å². The maximum atomic E-state index is 12.9. The summed E-state index contributed by atoms with van der Waals surface area (Å²) in [6.45, 7) is 0.552. The number of carbonyl (C=O) groups excluding carboxylic acids is 1. The van der Waals surface area contributed by atoms with Crippen LogP contribution in [0, 0.1) is 5.82 Å². The number of tetrazole rings is 1. The highest BCUT2D eigenvalue weighted by molar-refractivity contribution is 7.07. The number of carbonyl (C=O) groups is 1. The molecular formula is C15H14FN5OS. The first-order valence-electron chi connectivity index (χ1n) is 6.90. The van der Waals surface area contributed by atoms with Gasteiger partial charge in [0.1, 0.15) is 12.4 Å². The summed E-state index contributed by atoms with van der Waals surface area (Å²) in [5, 5.41) is 15.9. The van der Waals surface area contributed by atoms with Gasteiger partial charge in [-0.3, -0.25) is 4.79 Å². The summed E-state index contributed by atoms with van der Waals surface area (Å²) < 4.78 is 12.9. The molecule has 3 rings (SSSR count). The first kappa shape index (κ1) is 15.3. The van der Waals surface area contributed by atoms with Crippen LogP contribution in [0.5, 0.6) is 0 Å². The highest BCUT2D eigenvalue weighted by Gasteiger charge is 2.13. The maximum Gasteiger partial charge on any atom is 0.246 e. The van der Waals surface area contributed by atoms with Crippen molar-refractivity contribution in [2.45, 2.75) is 13.1 Å². The molecule has 6 nitrogen and oxygen atoms in total. The minimum Gasteiger partial charge on any atom is -0.340 e. The summed E-state index contributed by atoms with van der Waals surface area (Å²) in [7, 11) is 1.73. The molecule has 0 bridgehead atoms. The number of rotatable bonds is 5. The highest BCUT2D eigenvalue weighted by atomic mass is 32.1. The average Bonchev–Trinajstić information content (AvgIpc) is 3.20. The molecule has 0 N–H and O–H groups in total. The van der Waals surface area contributed by atoms with Gasteiger partial charge in [-0.15, -0.1) is 10.2 Å². The van der Waals surface area contributed by atoms with Crippen molar-refractivity contribution in [2.24, 2.45) is 0 Å². The lowest BCUT2D eigenvalue weighted by molar-refractivity contribution is -0.131. The van der Waals surface area contributed by atoms with E-state index in [4.69, 9.17) is 0 Å². The second kappa shape index (κ2) is 6.66. The molecule has 118 valence electrons. The van der Waals surface area contributed by atoms with Gasteiger partial charge in [-0.05, 0) is 51.9 Å². The molecule has 0 aliphatic heterocycles. The van der Waals surface area contributed by atoms with E-state index in [-0.39, 0.29) is 18.3 Å². The van der Waals surface area contributed by atoms with Crippen molar-refractivity contribution in [3.63, 3.8) is 0 Å². The minimum atomic E-state index is -0.327. The molecule has 0 spiro atoms. The summed E-state index contributed by atoms with van der Waals surface area (Å²) in [5.41, 5.74) is 1.74. The largest absolute Gasteiger partial charge is 0.340 e. The van der Waals surface area contributed by atoms with Crippen molar-refractivity contribution in [3.8, 4) is 11.4 Å². The second-order valence-corrected chi connectivity index (χ2v) is 5.81. The summed E-state index contributed by atoms with van der Waals surface area (Å²) in [4.78, 5) is 15.0. The Morgan fingerprint density at radius 2 is 2.09 bits per heavy atom. The molecule has 1 aromatic carbocycles. The van der Waals surface area contributed by atoms with E-state index >= 15 is 0 Å². The van der Waals surface area contributed by atoms with Gasteiger partial charge in [-0.2, -0.15) is 16.1 Å². The number of hydrogen-bond donors (Lipinski definition) is 0. The van der Waals surface area contributed by atoms with Crippen LogP contribution in [0.3, 0.4) is 0 Å². The Morgan fingerprint density at radius 1 is 1.30 bits per heavy atom. The standard InChI is InChI=1S/C15H14FN5OS/c1-20(8-11-6-7-23-10-11)14(22)9-21-18-15(17-19-21)12-2-4-13(16)5-3-12/h2-7,10H,8-9H2,1H3. The van der Waals surface area contributed by atoms with Crippen LogP contribution in [-0.2, 0) is 17.9 Å². The number of thiophene rings is 1. The topological polar surface area (TPSA) is 63.9 Å². The SMILES string of the molecule is CN(Cc1ccsc1)C(=O)Cn1nnc(-c2ccc(F)cc2)n1. The lowest BCUT2D eigenvalue weighted by Crippen LogP contribution is -2.30. The molecule has 2 aromatic heterocycles. The fourth-order valence-corrected chi connectivity index (χ4v) is 2.67. The summed E-state index contributed by atoms with van der Waals surface area (Å²) in [6, 6.07) is 7.78. The third kappa shape index (κ3) is 3.78. The summed E-state index contributed by atoms with van der Waals surface area (Å²) >= 11 is 1.59. The van der Waals surface area contributed by atoms with E-state index in [2.05, 4.69) is 15.4 Å². The Morgan fingerprint density at radius 3 is 2.78 bits per heavy atom. The van der Waals surface area contributed by atoms with Crippen LogP contribution in [0.15, 0.2) is 41.1 Å². The number of nitrogens with zero attached hydrogens (tertiary/aromatic N) is 5. The predicted molar refractivity (Wildman–Crippen MR) is 84.0 cm³/mol. The number of halogens is 1. The number of benzene rings is 1. The molecule has 0 saturated carbocycles. The van der Waals surface area contributed by atoms with Crippen LogP contribution < -0.4 is 0 Å². The van der Waals surface area contributed by atoms with Crippen molar-refractivity contribution < 1.29 is 9.18 Å². The van der Waals surface area contributed by atoms with E-state index < -0.39 is 0 Å². The zero-order valence-corrected chi connectivity index (χ0v) is 13.2. The van der Waals surface area contributed by atoms with Gasteiger partial charge in [-0.25, -0.2) is 4.39 Å². The maximum absolute atomic E-state index is 12.9. The first-order valence-corrected chi connectivity index (χ1v) is 7.85.